The van der Waals surface area contributed by atoms with Crippen LogP contribution in [-0.2, 0) is 6.42 Å². The van der Waals surface area contributed by atoms with Crippen LogP contribution in [0.3, 0.4) is 0 Å². The number of hydrogen-bond donors (Lipinski definition) is 2. The molecule has 0 unspecified atom stereocenters. The molecule has 2 N–H and O–H groups in total. The molecule has 0 aliphatic heterocycles. The molecule has 0 fully saturated rings. The predicted molar refractivity (Wildman–Crippen MR) is 151 cm³/mol. The fourth-order valence-corrected chi connectivity index (χ4v) is 3.93. The SMILES string of the molecule is CCCCCCCOc1ccc(C(=O)NC(=S)Nc2ccccc2OCCCc2ccccc2)cc1. The molecule has 0 saturated carbocycles. The third kappa shape index (κ3) is 9.70. The van der Waals surface area contributed by atoms with E-state index < -0.39 is 0 Å². The Labute approximate surface area is 220 Å². The minimum Gasteiger partial charge on any atom is -0.494 e. The number of amides is 1. The maximum absolute atomic E-state index is 12.6. The third-order valence-corrected chi connectivity index (χ3v) is 5.91. The van der Waals surface area contributed by atoms with Gasteiger partial charge in [-0.2, -0.15) is 0 Å². The van der Waals surface area contributed by atoms with E-state index in [-0.39, 0.29) is 11.0 Å². The maximum atomic E-state index is 12.6. The Kier molecular flexibility index (Phi) is 11.8. The zero-order valence-electron chi connectivity index (χ0n) is 21.0. The van der Waals surface area contributed by atoms with Crippen molar-refractivity contribution in [3.63, 3.8) is 0 Å². The molecular formula is C30H36N2O3S. The van der Waals surface area contributed by atoms with Gasteiger partial charge in [0.2, 0.25) is 0 Å². The Hall–Kier alpha value is -3.38. The summed E-state index contributed by atoms with van der Waals surface area (Å²) in [5, 5.41) is 6.03. The van der Waals surface area contributed by atoms with E-state index in [9.17, 15) is 4.79 Å². The molecule has 190 valence electrons. The zero-order chi connectivity index (χ0) is 25.4. The molecular weight excluding hydrogens is 468 g/mol. The summed E-state index contributed by atoms with van der Waals surface area (Å²) in [6, 6.07) is 25.0. The maximum Gasteiger partial charge on any atom is 0.257 e. The number of rotatable bonds is 14. The molecule has 0 bridgehead atoms. The molecule has 0 aromatic heterocycles. The number of carbonyl (C=O) groups is 1. The standard InChI is InChI=1S/C30H36N2O3S/c1-2-3-4-5-11-22-34-26-20-18-25(19-21-26)29(33)32-30(36)31-27-16-9-10-17-28(27)35-23-12-15-24-13-7-6-8-14-24/h6-10,13-14,16-21H,2-5,11-12,15,22-23H2,1H3,(H2,31,32,33,36). The summed E-state index contributed by atoms with van der Waals surface area (Å²) in [7, 11) is 0. The fourth-order valence-electron chi connectivity index (χ4n) is 3.73. The molecule has 3 aromatic carbocycles. The van der Waals surface area contributed by atoms with Crippen LogP contribution in [0.1, 0.15) is 61.4 Å². The monoisotopic (exact) mass is 504 g/mol. The highest BCUT2D eigenvalue weighted by Gasteiger charge is 2.10. The molecule has 3 rings (SSSR count). The normalized spacial score (nSPS) is 10.5. The Morgan fingerprint density at radius 1 is 0.778 bits per heavy atom. The number of carbonyl (C=O) groups excluding carboxylic acids is 1. The molecule has 0 radical (unpaired) electrons. The highest BCUT2D eigenvalue weighted by atomic mass is 32.1. The summed E-state index contributed by atoms with van der Waals surface area (Å²) in [6.45, 7) is 3.48. The second kappa shape index (κ2) is 15.6. The second-order valence-corrected chi connectivity index (χ2v) is 9.04. The predicted octanol–water partition coefficient (Wildman–Crippen LogP) is 7.17. The van der Waals surface area contributed by atoms with Crippen molar-refractivity contribution in [1.82, 2.24) is 5.32 Å². The average molecular weight is 505 g/mol. The first-order chi connectivity index (χ1) is 17.7. The number of nitrogens with one attached hydrogen (secondary N) is 2. The lowest BCUT2D eigenvalue weighted by molar-refractivity contribution is 0.0977. The number of hydrogen-bond acceptors (Lipinski definition) is 4. The minimum atomic E-state index is -0.278. The molecule has 3 aromatic rings. The van der Waals surface area contributed by atoms with Crippen LogP contribution in [-0.4, -0.2) is 24.2 Å². The Morgan fingerprint density at radius 2 is 1.47 bits per heavy atom. The van der Waals surface area contributed by atoms with Crippen molar-refractivity contribution in [1.29, 1.82) is 0 Å². The lowest BCUT2D eigenvalue weighted by Gasteiger charge is -2.14. The van der Waals surface area contributed by atoms with Crippen LogP contribution in [0, 0.1) is 0 Å². The van der Waals surface area contributed by atoms with Crippen molar-refractivity contribution in [2.75, 3.05) is 18.5 Å². The molecule has 0 saturated heterocycles. The van der Waals surface area contributed by atoms with Crippen LogP contribution >= 0.6 is 12.2 Å². The molecule has 5 nitrogen and oxygen atoms in total. The molecule has 6 heteroatoms. The summed E-state index contributed by atoms with van der Waals surface area (Å²) in [6.07, 6.45) is 7.83. The molecule has 0 spiro atoms. The first kappa shape index (κ1) is 27.2. The molecule has 36 heavy (non-hydrogen) atoms. The number of ether oxygens (including phenoxy) is 2. The van der Waals surface area contributed by atoms with Crippen LogP contribution in [0.2, 0.25) is 0 Å². The van der Waals surface area contributed by atoms with Gasteiger partial charge in [-0.05, 0) is 73.4 Å². The van der Waals surface area contributed by atoms with Crippen LogP contribution in [0.4, 0.5) is 5.69 Å². The van der Waals surface area contributed by atoms with Crippen molar-refractivity contribution in [3.8, 4) is 11.5 Å². The number of benzene rings is 3. The minimum absolute atomic E-state index is 0.216. The lowest BCUT2D eigenvalue weighted by atomic mass is 10.1. The van der Waals surface area contributed by atoms with E-state index >= 15 is 0 Å². The van der Waals surface area contributed by atoms with Crippen LogP contribution < -0.4 is 20.1 Å². The van der Waals surface area contributed by atoms with Gasteiger partial charge in [0.25, 0.3) is 5.91 Å². The van der Waals surface area contributed by atoms with E-state index in [1.165, 1.54) is 31.2 Å². The van der Waals surface area contributed by atoms with Gasteiger partial charge in [-0.3, -0.25) is 10.1 Å². The van der Waals surface area contributed by atoms with Crippen molar-refractivity contribution in [2.24, 2.45) is 0 Å². The number of aryl methyl sites for hydroxylation is 1. The van der Waals surface area contributed by atoms with Gasteiger partial charge in [-0.25, -0.2) is 0 Å². The molecule has 0 atom stereocenters. The van der Waals surface area contributed by atoms with Gasteiger partial charge in [-0.1, -0.05) is 75.1 Å². The molecule has 0 heterocycles. The lowest BCUT2D eigenvalue weighted by Crippen LogP contribution is -2.34. The number of para-hydroxylation sites is 2. The van der Waals surface area contributed by atoms with Gasteiger partial charge in [0.1, 0.15) is 11.5 Å². The number of anilines is 1. The van der Waals surface area contributed by atoms with E-state index in [1.807, 2.05) is 54.6 Å². The van der Waals surface area contributed by atoms with E-state index in [0.29, 0.717) is 30.2 Å². The van der Waals surface area contributed by atoms with Crippen molar-refractivity contribution < 1.29 is 14.3 Å². The summed E-state index contributed by atoms with van der Waals surface area (Å²) in [5.74, 6) is 1.18. The quantitative estimate of drug-likeness (QED) is 0.180. The van der Waals surface area contributed by atoms with Crippen molar-refractivity contribution >= 4 is 28.9 Å². The van der Waals surface area contributed by atoms with Gasteiger partial charge in [0, 0.05) is 5.56 Å². The summed E-state index contributed by atoms with van der Waals surface area (Å²) < 4.78 is 11.7. The largest absolute Gasteiger partial charge is 0.494 e. The topological polar surface area (TPSA) is 59.6 Å². The van der Waals surface area contributed by atoms with Gasteiger partial charge in [0.15, 0.2) is 5.11 Å². The summed E-state index contributed by atoms with van der Waals surface area (Å²) in [5.41, 5.74) is 2.52. The number of thiocarbonyl (C=S) groups is 1. The first-order valence-corrected chi connectivity index (χ1v) is 13.2. The molecule has 0 aliphatic rings. The summed E-state index contributed by atoms with van der Waals surface area (Å²) >= 11 is 5.37. The van der Waals surface area contributed by atoms with Crippen molar-refractivity contribution in [2.45, 2.75) is 51.9 Å². The average Bonchev–Trinajstić information content (AvgIpc) is 2.90. The second-order valence-electron chi connectivity index (χ2n) is 8.63. The first-order valence-electron chi connectivity index (χ1n) is 12.8. The Morgan fingerprint density at radius 3 is 2.25 bits per heavy atom. The highest BCUT2D eigenvalue weighted by molar-refractivity contribution is 7.80. The van der Waals surface area contributed by atoms with Gasteiger partial charge in [0.05, 0.1) is 18.9 Å². The zero-order valence-corrected chi connectivity index (χ0v) is 21.8. The van der Waals surface area contributed by atoms with E-state index in [4.69, 9.17) is 21.7 Å². The highest BCUT2D eigenvalue weighted by Crippen LogP contribution is 2.24. The molecule has 0 aliphatic carbocycles. The van der Waals surface area contributed by atoms with E-state index in [2.05, 4.69) is 29.7 Å². The van der Waals surface area contributed by atoms with E-state index in [1.54, 1.807) is 12.1 Å². The fraction of sp³-hybridized carbons (Fsp3) is 0.333. The Bertz CT molecular complexity index is 1070. The van der Waals surface area contributed by atoms with Gasteiger partial charge >= 0.3 is 0 Å². The summed E-state index contributed by atoms with van der Waals surface area (Å²) in [4.78, 5) is 12.6. The smallest absolute Gasteiger partial charge is 0.257 e. The van der Waals surface area contributed by atoms with Gasteiger partial charge < -0.3 is 14.8 Å². The van der Waals surface area contributed by atoms with Gasteiger partial charge in [-0.15, -0.1) is 0 Å². The third-order valence-electron chi connectivity index (χ3n) is 5.71. The van der Waals surface area contributed by atoms with E-state index in [0.717, 1.165) is 25.0 Å². The van der Waals surface area contributed by atoms with Crippen LogP contribution in [0.15, 0.2) is 78.9 Å². The van der Waals surface area contributed by atoms with Crippen molar-refractivity contribution in [3.05, 3.63) is 90.0 Å². The number of unbranched alkanes of at least 4 members (excludes halogenated alkanes) is 4. The Balaban J connectivity index is 1.42. The van der Waals surface area contributed by atoms with Crippen LogP contribution in [0.5, 0.6) is 11.5 Å². The van der Waals surface area contributed by atoms with Crippen LogP contribution in [0.25, 0.3) is 0 Å². The molecule has 1 amide bonds.